The summed E-state index contributed by atoms with van der Waals surface area (Å²) in [5, 5.41) is 15.3. The van der Waals surface area contributed by atoms with Crippen LogP contribution >= 0.6 is 24.0 Å². The fraction of sp³-hybridized carbons (Fsp3) is 0.591. The highest BCUT2D eigenvalue weighted by Crippen LogP contribution is 2.24. The Kier molecular flexibility index (Phi) is 10.5. The maximum atomic E-state index is 5.16. The highest BCUT2D eigenvalue weighted by Gasteiger charge is 2.15. The Hall–Kier alpha value is -1.88. The summed E-state index contributed by atoms with van der Waals surface area (Å²) in [7, 11) is 3.69. The highest BCUT2D eigenvalue weighted by atomic mass is 127. The smallest absolute Gasteiger partial charge is 0.192 e. The summed E-state index contributed by atoms with van der Waals surface area (Å²) in [6, 6.07) is 8.94. The molecule has 0 bridgehead atoms. The maximum absolute atomic E-state index is 5.16. The summed E-state index contributed by atoms with van der Waals surface area (Å²) < 4.78 is 7.12. The Morgan fingerprint density at radius 1 is 1.26 bits per heavy atom. The van der Waals surface area contributed by atoms with Crippen LogP contribution in [0.5, 0.6) is 0 Å². The molecule has 1 unspecified atom stereocenters. The lowest BCUT2D eigenvalue weighted by molar-refractivity contribution is 0.195. The van der Waals surface area contributed by atoms with Gasteiger partial charge in [0.1, 0.15) is 12.4 Å². The van der Waals surface area contributed by atoms with Crippen LogP contribution in [0, 0.1) is 6.92 Å². The zero-order chi connectivity index (χ0) is 21.3. The first-order valence-electron chi connectivity index (χ1n) is 10.8. The van der Waals surface area contributed by atoms with Crippen molar-refractivity contribution in [1.29, 1.82) is 0 Å². The number of anilines is 1. The van der Waals surface area contributed by atoms with E-state index in [0.717, 1.165) is 50.3 Å². The zero-order valence-corrected chi connectivity index (χ0v) is 21.4. The molecule has 1 saturated heterocycles. The fourth-order valence-corrected chi connectivity index (χ4v) is 3.57. The Bertz CT molecular complexity index is 833. The molecule has 3 rings (SSSR count). The number of benzene rings is 1. The Labute approximate surface area is 202 Å². The Balaban J connectivity index is 0.00000341. The van der Waals surface area contributed by atoms with Crippen LogP contribution in [0.2, 0.25) is 0 Å². The van der Waals surface area contributed by atoms with Crippen molar-refractivity contribution in [2.24, 2.45) is 12.0 Å². The van der Waals surface area contributed by atoms with Gasteiger partial charge < -0.3 is 24.8 Å². The molecule has 1 aromatic heterocycles. The number of nitrogens with one attached hydrogen (secondary N) is 2. The monoisotopic (exact) mass is 541 g/mol. The van der Waals surface area contributed by atoms with Gasteiger partial charge >= 0.3 is 0 Å². The summed E-state index contributed by atoms with van der Waals surface area (Å²) >= 11 is 0. The summed E-state index contributed by atoms with van der Waals surface area (Å²) in [5.41, 5.74) is 2.56. The van der Waals surface area contributed by atoms with Crippen LogP contribution in [0.3, 0.4) is 0 Å². The lowest BCUT2D eigenvalue weighted by Gasteiger charge is -2.22. The van der Waals surface area contributed by atoms with E-state index in [0.29, 0.717) is 6.54 Å². The van der Waals surface area contributed by atoms with Crippen molar-refractivity contribution in [2.75, 3.05) is 38.3 Å². The first-order valence-corrected chi connectivity index (χ1v) is 10.8. The van der Waals surface area contributed by atoms with Crippen molar-refractivity contribution in [3.8, 4) is 0 Å². The molecule has 1 aliphatic rings. The van der Waals surface area contributed by atoms with Gasteiger partial charge in [0.05, 0.1) is 6.04 Å². The van der Waals surface area contributed by atoms with Gasteiger partial charge in [0.15, 0.2) is 11.8 Å². The average Bonchev–Trinajstić information content (AvgIpc) is 3.40. The Morgan fingerprint density at radius 2 is 2.03 bits per heavy atom. The molecule has 1 atom stereocenters. The van der Waals surface area contributed by atoms with Crippen molar-refractivity contribution >= 4 is 35.6 Å². The molecule has 8 nitrogen and oxygen atoms in total. The van der Waals surface area contributed by atoms with Crippen LogP contribution in [-0.2, 0) is 18.3 Å². The van der Waals surface area contributed by atoms with E-state index in [1.165, 1.54) is 24.1 Å². The maximum Gasteiger partial charge on any atom is 0.192 e. The number of aryl methyl sites for hydroxylation is 1. The van der Waals surface area contributed by atoms with Crippen LogP contribution in [-0.4, -0.2) is 54.1 Å². The predicted molar refractivity (Wildman–Crippen MR) is 136 cm³/mol. The molecule has 2 N–H and O–H groups in total. The van der Waals surface area contributed by atoms with E-state index < -0.39 is 0 Å². The van der Waals surface area contributed by atoms with Crippen LogP contribution in [0.1, 0.15) is 49.4 Å². The second kappa shape index (κ2) is 12.8. The molecule has 2 aromatic rings. The van der Waals surface area contributed by atoms with Gasteiger partial charge in [-0.1, -0.05) is 12.1 Å². The van der Waals surface area contributed by atoms with Crippen LogP contribution < -0.4 is 15.5 Å². The van der Waals surface area contributed by atoms with Crippen molar-refractivity contribution in [3.05, 3.63) is 41.5 Å². The van der Waals surface area contributed by atoms with E-state index >= 15 is 0 Å². The number of hydrogen-bond donors (Lipinski definition) is 2. The molecule has 1 fully saturated rings. The van der Waals surface area contributed by atoms with Crippen molar-refractivity contribution < 1.29 is 4.74 Å². The number of methoxy groups -OCH3 is 1. The normalized spacial score (nSPS) is 15.0. The third-order valence-electron chi connectivity index (χ3n) is 5.57. The number of halogens is 1. The Morgan fingerprint density at radius 3 is 2.71 bits per heavy atom. The lowest BCUT2D eigenvalue weighted by atomic mass is 10.1. The van der Waals surface area contributed by atoms with Crippen LogP contribution in [0.4, 0.5) is 5.69 Å². The first-order chi connectivity index (χ1) is 14.6. The zero-order valence-electron chi connectivity index (χ0n) is 19.1. The van der Waals surface area contributed by atoms with Crippen LogP contribution in [0.15, 0.2) is 29.3 Å². The second-order valence-electron chi connectivity index (χ2n) is 7.82. The van der Waals surface area contributed by atoms with Gasteiger partial charge in [-0.25, -0.2) is 4.99 Å². The topological polar surface area (TPSA) is 79.6 Å². The van der Waals surface area contributed by atoms with E-state index in [1.807, 2.05) is 18.5 Å². The van der Waals surface area contributed by atoms with Crippen molar-refractivity contribution in [1.82, 2.24) is 25.4 Å². The molecule has 0 saturated carbocycles. The number of rotatable bonds is 9. The SMILES string of the molecule is COCCCNC(=NCc1nnc(C)n1C)NC(C)c1cccc(N2CCCC2)c1.I. The minimum absolute atomic E-state index is 0. The van der Waals surface area contributed by atoms with E-state index in [2.05, 4.69) is 56.9 Å². The number of hydrogen-bond acceptors (Lipinski definition) is 5. The van der Waals surface area contributed by atoms with Crippen LogP contribution in [0.25, 0.3) is 0 Å². The van der Waals surface area contributed by atoms with Crippen molar-refractivity contribution in [3.63, 3.8) is 0 Å². The minimum Gasteiger partial charge on any atom is -0.385 e. The molecule has 9 heteroatoms. The van der Waals surface area contributed by atoms with Gasteiger partial charge in [0, 0.05) is 46.1 Å². The summed E-state index contributed by atoms with van der Waals surface area (Å²) in [6.45, 7) is 8.39. The van der Waals surface area contributed by atoms with E-state index in [1.54, 1.807) is 7.11 Å². The third kappa shape index (κ3) is 7.34. The van der Waals surface area contributed by atoms with Gasteiger partial charge in [0.2, 0.25) is 0 Å². The van der Waals surface area contributed by atoms with Gasteiger partial charge in [-0.05, 0) is 50.8 Å². The molecule has 0 aliphatic carbocycles. The summed E-state index contributed by atoms with van der Waals surface area (Å²) in [5.74, 6) is 2.50. The molecule has 0 radical (unpaired) electrons. The van der Waals surface area contributed by atoms with E-state index in [9.17, 15) is 0 Å². The van der Waals surface area contributed by atoms with Gasteiger partial charge in [-0.3, -0.25) is 0 Å². The molecule has 0 spiro atoms. The lowest BCUT2D eigenvalue weighted by Crippen LogP contribution is -2.39. The molecule has 172 valence electrons. The third-order valence-corrected chi connectivity index (χ3v) is 5.57. The van der Waals surface area contributed by atoms with E-state index in [4.69, 9.17) is 9.73 Å². The molecular formula is C22H36IN7O. The molecular weight excluding hydrogens is 505 g/mol. The molecule has 1 aliphatic heterocycles. The number of aromatic nitrogens is 3. The highest BCUT2D eigenvalue weighted by molar-refractivity contribution is 14.0. The molecule has 0 amide bonds. The molecule has 31 heavy (non-hydrogen) atoms. The molecule has 1 aromatic carbocycles. The quantitative estimate of drug-likeness (QED) is 0.220. The van der Waals surface area contributed by atoms with Gasteiger partial charge in [0.25, 0.3) is 0 Å². The summed E-state index contributed by atoms with van der Waals surface area (Å²) in [6.07, 6.45) is 3.47. The number of ether oxygens (including phenoxy) is 1. The first kappa shape index (κ1) is 25.4. The number of guanidine groups is 1. The summed E-state index contributed by atoms with van der Waals surface area (Å²) in [4.78, 5) is 7.21. The molecule has 2 heterocycles. The van der Waals surface area contributed by atoms with Crippen molar-refractivity contribution in [2.45, 2.75) is 45.7 Å². The fourth-order valence-electron chi connectivity index (χ4n) is 3.57. The van der Waals surface area contributed by atoms with E-state index in [-0.39, 0.29) is 30.0 Å². The largest absolute Gasteiger partial charge is 0.385 e. The standard InChI is InChI=1S/C22H35N7O.HI/c1-17(19-9-7-10-20(15-19)29-12-5-6-13-29)25-22(23-11-8-14-30-4)24-16-21-27-26-18(2)28(21)3;/h7,9-10,15,17H,5-6,8,11-14,16H2,1-4H3,(H2,23,24,25);1H. The van der Waals surface area contributed by atoms with Gasteiger partial charge in [-0.15, -0.1) is 34.2 Å². The number of nitrogens with zero attached hydrogens (tertiary/aromatic N) is 5. The van der Waals surface area contributed by atoms with Gasteiger partial charge in [-0.2, -0.15) is 0 Å². The number of aliphatic imine (C=N–C) groups is 1. The predicted octanol–water partition coefficient (Wildman–Crippen LogP) is 3.17. The second-order valence-corrected chi connectivity index (χ2v) is 7.82. The average molecular weight is 541 g/mol. The minimum atomic E-state index is 0.